The average Bonchev–Trinajstić information content (AvgIpc) is 2.99. The summed E-state index contributed by atoms with van der Waals surface area (Å²) in [7, 11) is 0. The van der Waals surface area contributed by atoms with Gasteiger partial charge in [-0.3, -0.25) is 4.79 Å². The Hall–Kier alpha value is -2.13. The van der Waals surface area contributed by atoms with Crippen LogP contribution in [0.1, 0.15) is 31.2 Å². The van der Waals surface area contributed by atoms with E-state index in [0.717, 1.165) is 17.7 Å². The predicted octanol–water partition coefficient (Wildman–Crippen LogP) is 2.90. The molecule has 2 heterocycles. The maximum atomic E-state index is 12.0. The number of carbonyl (C=O) groups is 1. The third-order valence-corrected chi connectivity index (χ3v) is 4.83. The van der Waals surface area contributed by atoms with E-state index in [1.165, 1.54) is 11.8 Å². The van der Waals surface area contributed by atoms with Crippen LogP contribution in [0.5, 0.6) is 11.5 Å². The molecule has 0 saturated carbocycles. The molecule has 0 saturated heterocycles. The Bertz CT molecular complexity index is 678. The maximum absolute atomic E-state index is 12.0. The minimum absolute atomic E-state index is 0.0553. The number of ether oxygens (including phenoxy) is 2. The van der Waals surface area contributed by atoms with E-state index in [-0.39, 0.29) is 25.0 Å². The Morgan fingerprint density at radius 3 is 3.00 bits per heavy atom. The van der Waals surface area contributed by atoms with Crippen molar-refractivity contribution in [3.63, 3.8) is 0 Å². The Balaban J connectivity index is 1.97. The zero-order chi connectivity index (χ0) is 15.5. The van der Waals surface area contributed by atoms with Crippen LogP contribution in [0.15, 0.2) is 28.8 Å². The number of hydrogen-bond acceptors (Lipinski definition) is 5. The van der Waals surface area contributed by atoms with E-state index in [2.05, 4.69) is 18.3 Å². The molecule has 1 aromatic carbocycles. The number of hydrogen-bond donors (Lipinski definition) is 1. The van der Waals surface area contributed by atoms with Crippen LogP contribution >= 0.6 is 11.8 Å². The molecule has 0 spiro atoms. The van der Waals surface area contributed by atoms with Crippen LogP contribution in [0.25, 0.3) is 0 Å². The standard InChI is InChI=1S/C16H16N2O3S/c1-2-5-22-16-12(8-17)11(7-15(19)18-16)10-3-4-13-14(6-10)21-9-20-13/h3-4,6,11H,2,5,7,9H2,1H3,(H,18,19)/t11-/m0/s1. The Kier molecular flexibility index (Phi) is 4.25. The number of allylic oxidation sites excluding steroid dienone is 1. The van der Waals surface area contributed by atoms with Crippen molar-refractivity contribution >= 4 is 17.7 Å². The summed E-state index contributed by atoms with van der Waals surface area (Å²) in [6.45, 7) is 2.28. The molecular weight excluding hydrogens is 300 g/mol. The summed E-state index contributed by atoms with van der Waals surface area (Å²) in [5.41, 5.74) is 1.53. The summed E-state index contributed by atoms with van der Waals surface area (Å²) in [4.78, 5) is 12.0. The molecule has 1 amide bonds. The molecule has 0 aliphatic carbocycles. The summed E-state index contributed by atoms with van der Waals surface area (Å²) in [5.74, 6) is 1.96. The zero-order valence-electron chi connectivity index (χ0n) is 12.2. The molecule has 1 atom stereocenters. The fraction of sp³-hybridized carbons (Fsp3) is 0.375. The molecule has 22 heavy (non-hydrogen) atoms. The smallest absolute Gasteiger partial charge is 0.231 e. The summed E-state index contributed by atoms with van der Waals surface area (Å²) in [5, 5.41) is 13.1. The van der Waals surface area contributed by atoms with Gasteiger partial charge in [-0.15, -0.1) is 11.8 Å². The number of amides is 1. The van der Waals surface area contributed by atoms with Gasteiger partial charge in [-0.05, 0) is 29.9 Å². The lowest BCUT2D eigenvalue weighted by atomic mass is 9.87. The van der Waals surface area contributed by atoms with Crippen molar-refractivity contribution in [2.75, 3.05) is 12.5 Å². The minimum Gasteiger partial charge on any atom is -0.454 e. The molecule has 114 valence electrons. The van der Waals surface area contributed by atoms with Crippen molar-refractivity contribution in [2.45, 2.75) is 25.7 Å². The van der Waals surface area contributed by atoms with Gasteiger partial charge in [-0.1, -0.05) is 13.0 Å². The summed E-state index contributed by atoms with van der Waals surface area (Å²) < 4.78 is 10.7. The number of carbonyl (C=O) groups excluding carboxylic acids is 1. The van der Waals surface area contributed by atoms with Gasteiger partial charge in [0.1, 0.15) is 0 Å². The van der Waals surface area contributed by atoms with Gasteiger partial charge in [-0.25, -0.2) is 0 Å². The second kappa shape index (κ2) is 6.32. The third-order valence-electron chi connectivity index (χ3n) is 3.61. The van der Waals surface area contributed by atoms with E-state index in [1.54, 1.807) is 0 Å². The molecule has 0 fully saturated rings. The fourth-order valence-corrected chi connectivity index (χ4v) is 3.49. The molecule has 3 rings (SSSR count). The van der Waals surface area contributed by atoms with E-state index in [0.29, 0.717) is 22.1 Å². The Morgan fingerprint density at radius 2 is 2.23 bits per heavy atom. The van der Waals surface area contributed by atoms with Crippen LogP contribution in [0.2, 0.25) is 0 Å². The highest BCUT2D eigenvalue weighted by Gasteiger charge is 2.30. The number of fused-ring (bicyclic) bond motifs is 1. The molecule has 0 unspecified atom stereocenters. The number of nitriles is 1. The van der Waals surface area contributed by atoms with Gasteiger partial charge < -0.3 is 14.8 Å². The number of benzene rings is 1. The van der Waals surface area contributed by atoms with E-state index in [1.807, 2.05) is 18.2 Å². The number of thioether (sulfide) groups is 1. The van der Waals surface area contributed by atoms with Crippen molar-refractivity contribution in [1.82, 2.24) is 5.32 Å². The van der Waals surface area contributed by atoms with Crippen molar-refractivity contribution in [1.29, 1.82) is 5.26 Å². The normalized spacial score (nSPS) is 19.8. The highest BCUT2D eigenvalue weighted by Crippen LogP contribution is 2.40. The second-order valence-corrected chi connectivity index (χ2v) is 6.23. The predicted molar refractivity (Wildman–Crippen MR) is 83.5 cm³/mol. The van der Waals surface area contributed by atoms with Crippen molar-refractivity contribution in [2.24, 2.45) is 0 Å². The zero-order valence-corrected chi connectivity index (χ0v) is 13.0. The van der Waals surface area contributed by atoms with Crippen LogP contribution in [0, 0.1) is 11.3 Å². The second-order valence-electron chi connectivity index (χ2n) is 5.12. The molecule has 1 N–H and O–H groups in total. The van der Waals surface area contributed by atoms with Crippen LogP contribution in [-0.2, 0) is 4.79 Å². The van der Waals surface area contributed by atoms with E-state index < -0.39 is 0 Å². The van der Waals surface area contributed by atoms with E-state index in [9.17, 15) is 10.1 Å². The van der Waals surface area contributed by atoms with Gasteiger partial charge in [0.2, 0.25) is 12.7 Å². The lowest BCUT2D eigenvalue weighted by Gasteiger charge is -2.25. The fourth-order valence-electron chi connectivity index (χ4n) is 2.55. The molecule has 0 bridgehead atoms. The van der Waals surface area contributed by atoms with E-state index in [4.69, 9.17) is 9.47 Å². The van der Waals surface area contributed by atoms with E-state index >= 15 is 0 Å². The summed E-state index contributed by atoms with van der Waals surface area (Å²) in [6, 6.07) is 7.87. The first-order valence-corrected chi connectivity index (χ1v) is 8.18. The van der Waals surface area contributed by atoms with Gasteiger partial charge >= 0.3 is 0 Å². The van der Waals surface area contributed by atoms with Crippen molar-refractivity contribution in [3.8, 4) is 17.6 Å². The largest absolute Gasteiger partial charge is 0.454 e. The van der Waals surface area contributed by atoms with Gasteiger partial charge in [0.25, 0.3) is 0 Å². The van der Waals surface area contributed by atoms with Gasteiger partial charge in [0, 0.05) is 12.3 Å². The average molecular weight is 316 g/mol. The lowest BCUT2D eigenvalue weighted by molar-refractivity contribution is -0.120. The molecule has 2 aliphatic heterocycles. The molecule has 5 nitrogen and oxygen atoms in total. The molecule has 0 radical (unpaired) electrons. The Labute approximate surface area is 133 Å². The van der Waals surface area contributed by atoms with Gasteiger partial charge in [-0.2, -0.15) is 5.26 Å². The molecule has 6 heteroatoms. The van der Waals surface area contributed by atoms with Crippen LogP contribution in [0.4, 0.5) is 0 Å². The quantitative estimate of drug-likeness (QED) is 0.925. The third kappa shape index (κ3) is 2.77. The highest BCUT2D eigenvalue weighted by atomic mass is 32.2. The SMILES string of the molecule is CCCSC1=C(C#N)[C@H](c2ccc3c(c2)OCO3)CC(=O)N1. The van der Waals surface area contributed by atoms with Crippen molar-refractivity contribution < 1.29 is 14.3 Å². The van der Waals surface area contributed by atoms with Gasteiger partial charge in [0.15, 0.2) is 11.5 Å². The first-order valence-electron chi connectivity index (χ1n) is 7.19. The van der Waals surface area contributed by atoms with Gasteiger partial charge in [0.05, 0.1) is 16.7 Å². The van der Waals surface area contributed by atoms with Crippen LogP contribution in [0.3, 0.4) is 0 Å². The van der Waals surface area contributed by atoms with Crippen LogP contribution in [-0.4, -0.2) is 18.5 Å². The monoisotopic (exact) mass is 316 g/mol. The summed E-state index contributed by atoms with van der Waals surface area (Å²) in [6.07, 6.45) is 1.26. The molecule has 1 aromatic rings. The summed E-state index contributed by atoms with van der Waals surface area (Å²) >= 11 is 1.53. The Morgan fingerprint density at radius 1 is 1.41 bits per heavy atom. The highest BCUT2D eigenvalue weighted by molar-refractivity contribution is 8.03. The first-order chi connectivity index (χ1) is 10.7. The minimum atomic E-state index is -0.229. The molecule has 2 aliphatic rings. The topological polar surface area (TPSA) is 71.3 Å². The number of nitrogens with zero attached hydrogens (tertiary/aromatic N) is 1. The molecule has 0 aromatic heterocycles. The number of nitrogens with one attached hydrogen (secondary N) is 1. The lowest BCUT2D eigenvalue weighted by Crippen LogP contribution is -2.30. The maximum Gasteiger partial charge on any atom is 0.231 e. The molecular formula is C16H16N2O3S. The number of rotatable bonds is 4. The van der Waals surface area contributed by atoms with Crippen molar-refractivity contribution in [3.05, 3.63) is 34.4 Å². The first kappa shape index (κ1) is 14.8. The van der Waals surface area contributed by atoms with Crippen LogP contribution < -0.4 is 14.8 Å².